The molecular formula is C46H46O4. The van der Waals surface area contributed by atoms with Gasteiger partial charge in [0.25, 0.3) is 0 Å². The van der Waals surface area contributed by atoms with Crippen LogP contribution in [-0.4, -0.2) is 22.2 Å². The van der Waals surface area contributed by atoms with Crippen LogP contribution in [0, 0.1) is 34.5 Å². The van der Waals surface area contributed by atoms with Gasteiger partial charge in [-0.1, -0.05) is 72.8 Å². The standard InChI is InChI=1S/C46H46O4/c47-41(48)37-13-11-35(33-7-3-1-4-8-33)17-39(37)43-19-29-15-30(20-43)24-45(23-29,27-43)46-25-31-16-32(26-46)22-44(21-31,28-46)40-18-36(12-14-38(40)42(49)50)34-9-5-2-6-10-34/h1-14,17-18,29-32H,15-16,19-28H2,(H,47,48)(H,49,50). The van der Waals surface area contributed by atoms with Crippen molar-refractivity contribution >= 4 is 11.9 Å². The van der Waals surface area contributed by atoms with Crippen molar-refractivity contribution in [2.24, 2.45) is 34.5 Å². The molecule has 4 nitrogen and oxygen atoms in total. The zero-order valence-corrected chi connectivity index (χ0v) is 28.7. The lowest BCUT2D eigenvalue weighted by Gasteiger charge is -2.74. The van der Waals surface area contributed by atoms with Crippen LogP contribution in [0.4, 0.5) is 0 Å². The number of carbonyl (C=O) groups is 2. The lowest BCUT2D eigenvalue weighted by Crippen LogP contribution is -2.66. The Kier molecular flexibility index (Phi) is 6.53. The first-order valence-electron chi connectivity index (χ1n) is 19.0. The Balaban J connectivity index is 1.10. The molecule has 12 rings (SSSR count). The summed E-state index contributed by atoms with van der Waals surface area (Å²) < 4.78 is 0. The Hall–Kier alpha value is -4.18. The fraction of sp³-hybridized carbons (Fsp3) is 0.435. The summed E-state index contributed by atoms with van der Waals surface area (Å²) in [5.41, 5.74) is 7.73. The summed E-state index contributed by atoms with van der Waals surface area (Å²) in [6.45, 7) is 0. The van der Waals surface area contributed by atoms with Crippen LogP contribution in [0.3, 0.4) is 0 Å². The Morgan fingerprint density at radius 1 is 0.460 bits per heavy atom. The third kappa shape index (κ3) is 4.42. The molecule has 8 saturated carbocycles. The van der Waals surface area contributed by atoms with Crippen LogP contribution in [0.15, 0.2) is 97.1 Å². The van der Waals surface area contributed by atoms with Crippen LogP contribution in [0.2, 0.25) is 0 Å². The van der Waals surface area contributed by atoms with E-state index < -0.39 is 11.9 Å². The summed E-state index contributed by atoms with van der Waals surface area (Å²) >= 11 is 0. The molecule has 0 radical (unpaired) electrons. The van der Waals surface area contributed by atoms with Gasteiger partial charge in [-0.05, 0) is 180 Å². The van der Waals surface area contributed by atoms with Crippen molar-refractivity contribution in [1.82, 2.24) is 0 Å². The SMILES string of the molecule is O=C(O)c1ccc(-c2ccccc2)cc1C12CC3CC(C1)CC(C14CC5CC(CC(c6cc(-c7ccccc7)ccc6C(=O)O)(C5)C1)C4)(C3)C2. The third-order valence-corrected chi connectivity index (χ3v) is 15.1. The fourth-order valence-electron chi connectivity index (χ4n) is 14.4. The Morgan fingerprint density at radius 2 is 0.820 bits per heavy atom. The molecule has 0 amide bonds. The molecule has 4 unspecified atom stereocenters. The predicted octanol–water partition coefficient (Wildman–Crippen LogP) is 10.8. The molecule has 8 fully saturated rings. The van der Waals surface area contributed by atoms with E-state index >= 15 is 0 Å². The van der Waals surface area contributed by atoms with E-state index in [1.807, 2.05) is 36.4 Å². The molecule has 0 heterocycles. The predicted molar refractivity (Wildman–Crippen MR) is 195 cm³/mol. The van der Waals surface area contributed by atoms with E-state index in [1.54, 1.807) is 0 Å². The van der Waals surface area contributed by atoms with Crippen LogP contribution < -0.4 is 0 Å². The number of hydrogen-bond donors (Lipinski definition) is 2. The zero-order chi connectivity index (χ0) is 33.9. The average molecular weight is 663 g/mol. The van der Waals surface area contributed by atoms with Gasteiger partial charge in [0.1, 0.15) is 0 Å². The molecule has 4 aromatic rings. The summed E-state index contributed by atoms with van der Waals surface area (Å²) in [6, 6.07) is 33.2. The minimum Gasteiger partial charge on any atom is -0.478 e. The quantitative estimate of drug-likeness (QED) is 0.207. The highest BCUT2D eigenvalue weighted by atomic mass is 16.4. The number of rotatable bonds is 7. The highest BCUT2D eigenvalue weighted by molar-refractivity contribution is 5.92. The van der Waals surface area contributed by atoms with Crippen LogP contribution in [-0.2, 0) is 10.8 Å². The molecule has 4 aromatic carbocycles. The summed E-state index contributed by atoms with van der Waals surface area (Å²) in [6.07, 6.45) is 14.2. The minimum absolute atomic E-state index is 0.126. The van der Waals surface area contributed by atoms with E-state index in [0.29, 0.717) is 34.8 Å². The van der Waals surface area contributed by atoms with Gasteiger partial charge in [0.05, 0.1) is 11.1 Å². The molecule has 2 N–H and O–H groups in total. The first-order valence-corrected chi connectivity index (χ1v) is 19.0. The molecule has 50 heavy (non-hydrogen) atoms. The van der Waals surface area contributed by atoms with Gasteiger partial charge < -0.3 is 10.2 Å². The van der Waals surface area contributed by atoms with Gasteiger partial charge in [0.2, 0.25) is 0 Å². The van der Waals surface area contributed by atoms with E-state index in [2.05, 4.69) is 60.7 Å². The van der Waals surface area contributed by atoms with Crippen molar-refractivity contribution in [3.05, 3.63) is 119 Å². The van der Waals surface area contributed by atoms with Crippen molar-refractivity contribution in [2.45, 2.75) is 87.9 Å². The van der Waals surface area contributed by atoms with E-state index in [0.717, 1.165) is 71.9 Å². The second kappa shape index (κ2) is 10.7. The summed E-state index contributed by atoms with van der Waals surface area (Å²) in [5, 5.41) is 21.2. The molecule has 4 atom stereocenters. The fourth-order valence-corrected chi connectivity index (χ4v) is 14.4. The van der Waals surface area contributed by atoms with Gasteiger partial charge >= 0.3 is 11.9 Å². The maximum atomic E-state index is 12.9. The third-order valence-electron chi connectivity index (χ3n) is 15.1. The largest absolute Gasteiger partial charge is 0.478 e. The molecule has 0 spiro atoms. The smallest absolute Gasteiger partial charge is 0.335 e. The van der Waals surface area contributed by atoms with Crippen LogP contribution in [0.1, 0.15) is 109 Å². The maximum Gasteiger partial charge on any atom is 0.335 e. The first kappa shape index (κ1) is 30.6. The first-order chi connectivity index (χ1) is 24.2. The van der Waals surface area contributed by atoms with Gasteiger partial charge in [0.15, 0.2) is 0 Å². The van der Waals surface area contributed by atoms with E-state index in [9.17, 15) is 19.8 Å². The molecule has 4 heteroatoms. The van der Waals surface area contributed by atoms with Crippen molar-refractivity contribution in [3.8, 4) is 22.3 Å². The van der Waals surface area contributed by atoms with E-state index in [4.69, 9.17) is 0 Å². The Bertz CT molecular complexity index is 1850. The second-order valence-electron chi connectivity index (χ2n) is 17.9. The second-order valence-corrected chi connectivity index (χ2v) is 17.9. The number of aromatic carboxylic acids is 2. The molecule has 8 bridgehead atoms. The Morgan fingerprint density at radius 3 is 1.16 bits per heavy atom. The Labute approximate surface area is 295 Å². The van der Waals surface area contributed by atoms with Gasteiger partial charge in [-0.25, -0.2) is 9.59 Å². The molecule has 254 valence electrons. The zero-order valence-electron chi connectivity index (χ0n) is 28.7. The number of carboxylic acids is 2. The molecule has 0 saturated heterocycles. The van der Waals surface area contributed by atoms with Gasteiger partial charge in [0, 0.05) is 0 Å². The lowest BCUT2D eigenvalue weighted by molar-refractivity contribution is -0.212. The van der Waals surface area contributed by atoms with Crippen molar-refractivity contribution in [3.63, 3.8) is 0 Å². The molecule has 8 aliphatic carbocycles. The van der Waals surface area contributed by atoms with Crippen molar-refractivity contribution < 1.29 is 19.8 Å². The molecule has 0 aliphatic heterocycles. The lowest BCUT2D eigenvalue weighted by atomic mass is 9.30. The summed E-state index contributed by atoms with van der Waals surface area (Å²) in [4.78, 5) is 25.9. The molecular weight excluding hydrogens is 617 g/mol. The number of benzene rings is 4. The van der Waals surface area contributed by atoms with E-state index in [1.165, 1.54) is 38.5 Å². The van der Waals surface area contributed by atoms with Crippen LogP contribution in [0.5, 0.6) is 0 Å². The molecule has 8 aliphatic rings. The monoisotopic (exact) mass is 662 g/mol. The average Bonchev–Trinajstić information content (AvgIpc) is 3.11. The van der Waals surface area contributed by atoms with Crippen molar-refractivity contribution in [1.29, 1.82) is 0 Å². The number of carboxylic acid groups (broad SMARTS) is 2. The van der Waals surface area contributed by atoms with Gasteiger partial charge in [-0.3, -0.25) is 0 Å². The minimum atomic E-state index is -0.808. The maximum absolute atomic E-state index is 12.9. The normalized spacial score (nSPS) is 36.1. The van der Waals surface area contributed by atoms with Gasteiger partial charge in [-0.2, -0.15) is 0 Å². The highest BCUT2D eigenvalue weighted by Crippen LogP contribution is 2.79. The summed E-state index contributed by atoms with van der Waals surface area (Å²) in [5.74, 6) is 0.878. The van der Waals surface area contributed by atoms with Gasteiger partial charge in [-0.15, -0.1) is 0 Å². The highest BCUT2D eigenvalue weighted by Gasteiger charge is 2.70. The number of hydrogen-bond acceptors (Lipinski definition) is 2. The van der Waals surface area contributed by atoms with Crippen molar-refractivity contribution in [2.75, 3.05) is 0 Å². The molecule has 0 aromatic heterocycles. The van der Waals surface area contributed by atoms with E-state index in [-0.39, 0.29) is 21.7 Å². The summed E-state index contributed by atoms with van der Waals surface area (Å²) in [7, 11) is 0. The topological polar surface area (TPSA) is 74.6 Å². The van der Waals surface area contributed by atoms with Crippen LogP contribution >= 0.6 is 0 Å². The van der Waals surface area contributed by atoms with Crippen LogP contribution in [0.25, 0.3) is 22.3 Å².